The smallest absolute Gasteiger partial charge is 0.257 e. The van der Waals surface area contributed by atoms with E-state index in [0.717, 1.165) is 41.3 Å². The maximum Gasteiger partial charge on any atom is 0.257 e. The number of amides is 1. The van der Waals surface area contributed by atoms with E-state index in [1.165, 1.54) is 0 Å². The van der Waals surface area contributed by atoms with E-state index in [4.69, 9.17) is 4.74 Å². The highest BCUT2D eigenvalue weighted by Crippen LogP contribution is 2.34. The third-order valence-electron chi connectivity index (χ3n) is 4.60. The number of rotatable bonds is 7. The Hall–Kier alpha value is -2.79. The first kappa shape index (κ1) is 18.0. The molecule has 3 rings (SSSR count). The molecular formula is C21H25N3O2. The van der Waals surface area contributed by atoms with Crippen molar-refractivity contribution in [2.75, 3.05) is 42.3 Å². The van der Waals surface area contributed by atoms with E-state index in [2.05, 4.69) is 34.6 Å². The summed E-state index contributed by atoms with van der Waals surface area (Å²) < 4.78 is 5.16. The van der Waals surface area contributed by atoms with E-state index in [9.17, 15) is 4.79 Å². The van der Waals surface area contributed by atoms with Crippen molar-refractivity contribution < 1.29 is 9.53 Å². The fraction of sp³-hybridized carbons (Fsp3) is 0.286. The quantitative estimate of drug-likeness (QED) is 0.744. The fourth-order valence-corrected chi connectivity index (χ4v) is 3.17. The predicted molar refractivity (Wildman–Crippen MR) is 108 cm³/mol. The van der Waals surface area contributed by atoms with Gasteiger partial charge >= 0.3 is 0 Å². The van der Waals surface area contributed by atoms with Gasteiger partial charge < -0.3 is 20.3 Å². The van der Waals surface area contributed by atoms with Crippen LogP contribution < -0.4 is 15.5 Å². The molecule has 0 spiro atoms. The molecule has 1 aliphatic rings. The van der Waals surface area contributed by atoms with Crippen LogP contribution in [0.15, 0.2) is 48.7 Å². The van der Waals surface area contributed by atoms with Crippen LogP contribution in [0.3, 0.4) is 0 Å². The van der Waals surface area contributed by atoms with Crippen LogP contribution in [-0.2, 0) is 9.53 Å². The number of aryl methyl sites for hydroxylation is 1. The Morgan fingerprint density at radius 3 is 2.65 bits per heavy atom. The zero-order valence-electron chi connectivity index (χ0n) is 15.5. The highest BCUT2D eigenvalue weighted by Gasteiger charge is 2.25. The highest BCUT2D eigenvalue weighted by atomic mass is 16.5. The third-order valence-corrected chi connectivity index (χ3v) is 4.60. The maximum atomic E-state index is 12.2. The summed E-state index contributed by atoms with van der Waals surface area (Å²) in [5.41, 5.74) is 5.69. The molecule has 1 aliphatic heterocycles. The van der Waals surface area contributed by atoms with Gasteiger partial charge in [-0.25, -0.2) is 0 Å². The Labute approximate surface area is 154 Å². The summed E-state index contributed by atoms with van der Waals surface area (Å²) in [6.07, 6.45) is 1.78. The Balaban J connectivity index is 1.74. The maximum absolute atomic E-state index is 12.2. The van der Waals surface area contributed by atoms with E-state index in [1.807, 2.05) is 37.3 Å². The molecule has 0 atom stereocenters. The number of nitrogens with zero attached hydrogens (tertiary/aromatic N) is 1. The van der Waals surface area contributed by atoms with Crippen LogP contribution in [0.2, 0.25) is 0 Å². The second-order valence-electron chi connectivity index (χ2n) is 6.27. The molecule has 5 nitrogen and oxygen atoms in total. The summed E-state index contributed by atoms with van der Waals surface area (Å²) in [4.78, 5) is 14.5. The molecule has 1 heterocycles. The Kier molecular flexibility index (Phi) is 5.58. The van der Waals surface area contributed by atoms with Crippen LogP contribution >= 0.6 is 0 Å². The third kappa shape index (κ3) is 3.73. The monoisotopic (exact) mass is 351 g/mol. The van der Waals surface area contributed by atoms with Gasteiger partial charge in [-0.3, -0.25) is 4.79 Å². The van der Waals surface area contributed by atoms with Crippen molar-refractivity contribution in [2.45, 2.75) is 13.8 Å². The Morgan fingerprint density at radius 1 is 1.19 bits per heavy atom. The lowest BCUT2D eigenvalue weighted by Crippen LogP contribution is -2.26. The van der Waals surface area contributed by atoms with Crippen LogP contribution in [0.1, 0.15) is 18.1 Å². The zero-order chi connectivity index (χ0) is 18.5. The molecule has 2 aromatic rings. The number of carbonyl (C=O) groups is 1. The molecule has 0 aromatic heterocycles. The number of benzene rings is 2. The lowest BCUT2D eigenvalue weighted by Gasteiger charge is -2.22. The van der Waals surface area contributed by atoms with Crippen molar-refractivity contribution in [2.24, 2.45) is 0 Å². The molecular weight excluding hydrogens is 326 g/mol. The van der Waals surface area contributed by atoms with Gasteiger partial charge in [0.1, 0.15) is 0 Å². The van der Waals surface area contributed by atoms with Gasteiger partial charge in [-0.05, 0) is 49.7 Å². The van der Waals surface area contributed by atoms with Crippen molar-refractivity contribution in [3.63, 3.8) is 0 Å². The first-order chi connectivity index (χ1) is 12.6. The summed E-state index contributed by atoms with van der Waals surface area (Å²) in [5.74, 6) is -0.0739. The van der Waals surface area contributed by atoms with Gasteiger partial charge in [0.15, 0.2) is 0 Å². The van der Waals surface area contributed by atoms with Crippen molar-refractivity contribution in [3.8, 4) is 0 Å². The SMILES string of the molecule is CCN(CCOC)c1ccc(N/C=C2\C(=O)Nc3cccc(C)c32)cc1. The molecule has 5 heteroatoms. The average Bonchev–Trinajstić information content (AvgIpc) is 2.98. The number of methoxy groups -OCH3 is 1. The molecule has 0 saturated carbocycles. The Morgan fingerprint density at radius 2 is 1.96 bits per heavy atom. The number of likely N-dealkylation sites (N-methyl/N-ethyl adjacent to an activating group) is 1. The number of nitrogens with one attached hydrogen (secondary N) is 2. The van der Waals surface area contributed by atoms with Gasteiger partial charge in [0.05, 0.1) is 12.2 Å². The van der Waals surface area contributed by atoms with Crippen LogP contribution in [-0.4, -0.2) is 32.7 Å². The van der Waals surface area contributed by atoms with Crippen molar-refractivity contribution >= 4 is 28.5 Å². The number of fused-ring (bicyclic) bond motifs is 1. The lowest BCUT2D eigenvalue weighted by atomic mass is 10.0. The van der Waals surface area contributed by atoms with E-state index in [1.54, 1.807) is 13.3 Å². The van der Waals surface area contributed by atoms with E-state index < -0.39 is 0 Å². The van der Waals surface area contributed by atoms with Crippen LogP contribution in [0.4, 0.5) is 17.1 Å². The van der Waals surface area contributed by atoms with Crippen LogP contribution in [0, 0.1) is 6.92 Å². The van der Waals surface area contributed by atoms with Crippen LogP contribution in [0.5, 0.6) is 0 Å². The topological polar surface area (TPSA) is 53.6 Å². The summed E-state index contributed by atoms with van der Waals surface area (Å²) >= 11 is 0. The summed E-state index contributed by atoms with van der Waals surface area (Å²) in [6, 6.07) is 14.1. The molecule has 0 bridgehead atoms. The second-order valence-corrected chi connectivity index (χ2v) is 6.27. The van der Waals surface area contributed by atoms with Crippen LogP contribution in [0.25, 0.3) is 5.57 Å². The molecule has 0 fully saturated rings. The minimum Gasteiger partial charge on any atom is -0.383 e. The largest absolute Gasteiger partial charge is 0.383 e. The van der Waals surface area contributed by atoms with Gasteiger partial charge in [0, 0.05) is 49.0 Å². The van der Waals surface area contributed by atoms with Gasteiger partial charge in [0.2, 0.25) is 0 Å². The molecule has 1 amide bonds. The van der Waals surface area contributed by atoms with E-state index in [-0.39, 0.29) is 5.91 Å². The molecule has 2 N–H and O–H groups in total. The van der Waals surface area contributed by atoms with Gasteiger partial charge in [0.25, 0.3) is 5.91 Å². The first-order valence-corrected chi connectivity index (χ1v) is 8.86. The number of carbonyl (C=O) groups excluding carboxylic acids is 1. The normalized spacial score (nSPS) is 14.3. The first-order valence-electron chi connectivity index (χ1n) is 8.86. The van der Waals surface area contributed by atoms with Gasteiger partial charge in [-0.2, -0.15) is 0 Å². The summed E-state index contributed by atoms with van der Waals surface area (Å²) in [5, 5.41) is 6.16. The number of hydrogen-bond acceptors (Lipinski definition) is 4. The molecule has 2 aromatic carbocycles. The molecule has 0 aliphatic carbocycles. The minimum atomic E-state index is -0.0739. The zero-order valence-corrected chi connectivity index (χ0v) is 15.5. The number of hydrogen-bond donors (Lipinski definition) is 2. The average molecular weight is 351 g/mol. The molecule has 0 unspecified atom stereocenters. The van der Waals surface area contributed by atoms with Gasteiger partial charge in [-0.1, -0.05) is 12.1 Å². The standard InChI is InChI=1S/C21H25N3O2/c1-4-24(12-13-26-3)17-10-8-16(9-11-17)22-14-18-20-15(2)6-5-7-19(20)23-21(18)25/h5-11,14,22H,4,12-13H2,1-3H3,(H,23,25)/b18-14-. The number of ether oxygens (including phenoxy) is 1. The molecule has 26 heavy (non-hydrogen) atoms. The predicted octanol–water partition coefficient (Wildman–Crippen LogP) is 3.87. The summed E-state index contributed by atoms with van der Waals surface area (Å²) in [7, 11) is 1.72. The van der Waals surface area contributed by atoms with Crippen molar-refractivity contribution in [3.05, 3.63) is 59.8 Å². The van der Waals surface area contributed by atoms with Crippen molar-refractivity contribution in [1.82, 2.24) is 0 Å². The fourth-order valence-electron chi connectivity index (χ4n) is 3.17. The Bertz CT molecular complexity index is 813. The summed E-state index contributed by atoms with van der Waals surface area (Å²) in [6.45, 7) is 6.64. The molecule has 136 valence electrons. The minimum absolute atomic E-state index is 0.0739. The van der Waals surface area contributed by atoms with Crippen molar-refractivity contribution in [1.29, 1.82) is 0 Å². The van der Waals surface area contributed by atoms with Gasteiger partial charge in [-0.15, -0.1) is 0 Å². The van der Waals surface area contributed by atoms with E-state index in [0.29, 0.717) is 12.2 Å². The molecule has 0 radical (unpaired) electrons. The molecule has 0 saturated heterocycles. The number of anilines is 3. The van der Waals surface area contributed by atoms with E-state index >= 15 is 0 Å². The highest BCUT2D eigenvalue weighted by molar-refractivity contribution is 6.32. The lowest BCUT2D eigenvalue weighted by molar-refractivity contribution is -0.110. The second kappa shape index (κ2) is 8.06.